The number of carbonyl (C=O) groups excluding carboxylic acids is 2. The van der Waals surface area contributed by atoms with Gasteiger partial charge >= 0.3 is 0 Å². The summed E-state index contributed by atoms with van der Waals surface area (Å²) in [6.07, 6.45) is 0.415. The molecule has 0 bridgehead atoms. The fourth-order valence-corrected chi connectivity index (χ4v) is 3.15. The lowest BCUT2D eigenvalue weighted by atomic mass is 10.1. The highest BCUT2D eigenvalue weighted by Crippen LogP contribution is 2.22. The molecular formula is C22H26N2O3. The molecule has 1 aliphatic rings. The second-order valence-corrected chi connectivity index (χ2v) is 7.21. The standard InChI is InChI=1S/C22H26N2O3/c1-16(2)27-15-18-9-6-10-20(11-18)23-22(26)19-12-21(25)24(14-19)13-17-7-4-3-5-8-17/h3-11,16,19H,12-15H2,1-2H3,(H,23,26). The van der Waals surface area contributed by atoms with Gasteiger partial charge in [0.2, 0.25) is 11.8 Å². The number of likely N-dealkylation sites (tertiary alicyclic amines) is 1. The van der Waals surface area contributed by atoms with Crippen LogP contribution >= 0.6 is 0 Å². The summed E-state index contributed by atoms with van der Waals surface area (Å²) in [6, 6.07) is 17.5. The molecule has 1 fully saturated rings. The Kier molecular flexibility index (Phi) is 6.24. The van der Waals surface area contributed by atoms with Crippen molar-refractivity contribution < 1.29 is 14.3 Å². The Morgan fingerprint density at radius 1 is 1.15 bits per heavy atom. The highest BCUT2D eigenvalue weighted by atomic mass is 16.5. The van der Waals surface area contributed by atoms with Crippen molar-refractivity contribution in [2.75, 3.05) is 11.9 Å². The van der Waals surface area contributed by atoms with E-state index < -0.39 is 0 Å². The number of benzene rings is 2. The number of carbonyl (C=O) groups is 2. The van der Waals surface area contributed by atoms with Crippen LogP contribution in [0.25, 0.3) is 0 Å². The van der Waals surface area contributed by atoms with E-state index in [1.165, 1.54) is 0 Å². The Balaban J connectivity index is 1.57. The molecule has 5 nitrogen and oxygen atoms in total. The van der Waals surface area contributed by atoms with Gasteiger partial charge in [-0.3, -0.25) is 9.59 Å². The summed E-state index contributed by atoms with van der Waals surface area (Å²) in [5.74, 6) is -0.407. The molecule has 0 saturated carbocycles. The lowest BCUT2D eigenvalue weighted by Crippen LogP contribution is -2.28. The zero-order valence-electron chi connectivity index (χ0n) is 15.9. The van der Waals surface area contributed by atoms with Crippen molar-refractivity contribution in [2.24, 2.45) is 5.92 Å². The fraction of sp³-hybridized carbons (Fsp3) is 0.364. The number of hydrogen-bond acceptors (Lipinski definition) is 3. The quantitative estimate of drug-likeness (QED) is 0.814. The van der Waals surface area contributed by atoms with E-state index >= 15 is 0 Å². The van der Waals surface area contributed by atoms with Crippen LogP contribution in [-0.2, 0) is 27.5 Å². The third-order valence-corrected chi connectivity index (χ3v) is 4.58. The summed E-state index contributed by atoms with van der Waals surface area (Å²) in [5.41, 5.74) is 2.82. The molecule has 1 aliphatic heterocycles. The van der Waals surface area contributed by atoms with Crippen molar-refractivity contribution in [1.29, 1.82) is 0 Å². The lowest BCUT2D eigenvalue weighted by molar-refractivity contribution is -0.128. The minimum atomic E-state index is -0.322. The molecule has 27 heavy (non-hydrogen) atoms. The zero-order chi connectivity index (χ0) is 19.2. The summed E-state index contributed by atoms with van der Waals surface area (Å²) in [7, 11) is 0. The van der Waals surface area contributed by atoms with Crippen LogP contribution in [0.1, 0.15) is 31.4 Å². The van der Waals surface area contributed by atoms with Gasteiger partial charge in [0.05, 0.1) is 18.6 Å². The number of hydrogen-bond donors (Lipinski definition) is 1. The van der Waals surface area contributed by atoms with Gasteiger partial charge in [-0.2, -0.15) is 0 Å². The summed E-state index contributed by atoms with van der Waals surface area (Å²) in [4.78, 5) is 26.6. The van der Waals surface area contributed by atoms with E-state index in [0.717, 1.165) is 16.8 Å². The zero-order valence-corrected chi connectivity index (χ0v) is 15.9. The Morgan fingerprint density at radius 3 is 2.63 bits per heavy atom. The minimum Gasteiger partial charge on any atom is -0.374 e. The van der Waals surface area contributed by atoms with E-state index in [1.54, 1.807) is 4.90 Å². The number of nitrogens with one attached hydrogen (secondary N) is 1. The molecular weight excluding hydrogens is 340 g/mol. The van der Waals surface area contributed by atoms with Crippen LogP contribution in [-0.4, -0.2) is 29.4 Å². The van der Waals surface area contributed by atoms with Crippen LogP contribution in [0, 0.1) is 5.92 Å². The third-order valence-electron chi connectivity index (χ3n) is 4.58. The number of rotatable bonds is 7. The average molecular weight is 366 g/mol. The average Bonchev–Trinajstić information content (AvgIpc) is 3.02. The molecule has 0 radical (unpaired) electrons. The summed E-state index contributed by atoms with van der Waals surface area (Å²) < 4.78 is 5.61. The molecule has 2 amide bonds. The van der Waals surface area contributed by atoms with Crippen molar-refractivity contribution in [1.82, 2.24) is 4.90 Å². The monoisotopic (exact) mass is 366 g/mol. The van der Waals surface area contributed by atoms with Crippen molar-refractivity contribution in [3.63, 3.8) is 0 Å². The van der Waals surface area contributed by atoms with Gasteiger partial charge in [-0.1, -0.05) is 42.5 Å². The first-order valence-electron chi connectivity index (χ1n) is 9.34. The fourth-order valence-electron chi connectivity index (χ4n) is 3.15. The normalized spacial score (nSPS) is 16.8. The maximum Gasteiger partial charge on any atom is 0.229 e. The Bertz CT molecular complexity index is 789. The topological polar surface area (TPSA) is 58.6 Å². The van der Waals surface area contributed by atoms with Gasteiger partial charge in [0, 0.05) is 25.2 Å². The Hall–Kier alpha value is -2.66. The van der Waals surface area contributed by atoms with Gasteiger partial charge in [0.15, 0.2) is 0 Å². The largest absolute Gasteiger partial charge is 0.374 e. The molecule has 142 valence electrons. The van der Waals surface area contributed by atoms with Gasteiger partial charge in [-0.25, -0.2) is 0 Å². The molecule has 1 N–H and O–H groups in total. The Labute approximate surface area is 160 Å². The van der Waals surface area contributed by atoms with E-state index in [0.29, 0.717) is 19.7 Å². The summed E-state index contributed by atoms with van der Waals surface area (Å²) in [6.45, 7) is 5.49. The van der Waals surface area contributed by atoms with Gasteiger partial charge < -0.3 is 15.0 Å². The van der Waals surface area contributed by atoms with E-state index in [2.05, 4.69) is 5.32 Å². The van der Waals surface area contributed by atoms with Crippen LogP contribution < -0.4 is 5.32 Å². The predicted octanol–water partition coefficient (Wildman–Crippen LogP) is 3.60. The summed E-state index contributed by atoms with van der Waals surface area (Å²) >= 11 is 0. The number of anilines is 1. The van der Waals surface area contributed by atoms with Crippen molar-refractivity contribution in [3.05, 3.63) is 65.7 Å². The minimum absolute atomic E-state index is 0.0260. The first-order chi connectivity index (χ1) is 13.0. The third kappa shape index (κ3) is 5.41. The highest BCUT2D eigenvalue weighted by molar-refractivity contribution is 5.97. The first-order valence-corrected chi connectivity index (χ1v) is 9.34. The van der Waals surface area contributed by atoms with Gasteiger partial charge in [0.1, 0.15) is 0 Å². The van der Waals surface area contributed by atoms with Crippen LogP contribution in [0.2, 0.25) is 0 Å². The number of nitrogens with zero attached hydrogens (tertiary/aromatic N) is 1. The lowest BCUT2D eigenvalue weighted by Gasteiger charge is -2.17. The molecule has 0 spiro atoms. The smallest absolute Gasteiger partial charge is 0.229 e. The van der Waals surface area contributed by atoms with Crippen molar-refractivity contribution in [2.45, 2.75) is 39.5 Å². The molecule has 0 aromatic heterocycles. The second-order valence-electron chi connectivity index (χ2n) is 7.21. The van der Waals surface area contributed by atoms with Crippen molar-refractivity contribution in [3.8, 4) is 0 Å². The van der Waals surface area contributed by atoms with Gasteiger partial charge in [0.25, 0.3) is 0 Å². The molecule has 1 atom stereocenters. The van der Waals surface area contributed by atoms with Crippen LogP contribution in [0.3, 0.4) is 0 Å². The summed E-state index contributed by atoms with van der Waals surface area (Å²) in [5, 5.41) is 2.94. The van der Waals surface area contributed by atoms with E-state index in [-0.39, 0.29) is 30.3 Å². The van der Waals surface area contributed by atoms with Crippen LogP contribution in [0.4, 0.5) is 5.69 Å². The molecule has 2 aromatic rings. The van der Waals surface area contributed by atoms with E-state index in [1.807, 2.05) is 68.4 Å². The van der Waals surface area contributed by atoms with E-state index in [9.17, 15) is 9.59 Å². The highest BCUT2D eigenvalue weighted by Gasteiger charge is 2.34. The predicted molar refractivity (Wildman–Crippen MR) is 105 cm³/mol. The van der Waals surface area contributed by atoms with Crippen molar-refractivity contribution >= 4 is 17.5 Å². The maximum absolute atomic E-state index is 12.6. The first kappa shape index (κ1) is 19.1. The maximum atomic E-state index is 12.6. The van der Waals surface area contributed by atoms with Crippen LogP contribution in [0.5, 0.6) is 0 Å². The molecule has 1 heterocycles. The van der Waals surface area contributed by atoms with Crippen LogP contribution in [0.15, 0.2) is 54.6 Å². The molecule has 1 saturated heterocycles. The van der Waals surface area contributed by atoms with Gasteiger partial charge in [-0.05, 0) is 37.1 Å². The molecule has 0 aliphatic carbocycles. The SMILES string of the molecule is CC(C)OCc1cccc(NC(=O)C2CC(=O)N(Cc3ccccc3)C2)c1. The molecule has 2 aromatic carbocycles. The molecule has 1 unspecified atom stereocenters. The van der Waals surface area contributed by atoms with E-state index in [4.69, 9.17) is 4.74 Å². The number of ether oxygens (including phenoxy) is 1. The second kappa shape index (κ2) is 8.82. The molecule has 5 heteroatoms. The molecule has 3 rings (SSSR count). The Morgan fingerprint density at radius 2 is 1.89 bits per heavy atom. The number of amides is 2. The van der Waals surface area contributed by atoms with Gasteiger partial charge in [-0.15, -0.1) is 0 Å².